The van der Waals surface area contributed by atoms with E-state index < -0.39 is 6.09 Å². The number of alkyl carbamates (subject to hydrolysis) is 1. The lowest BCUT2D eigenvalue weighted by atomic mass is 10.1. The number of aromatic nitrogens is 1. The van der Waals surface area contributed by atoms with Gasteiger partial charge in [0.1, 0.15) is 0 Å². The van der Waals surface area contributed by atoms with E-state index in [1.54, 1.807) is 6.92 Å². The Kier molecular flexibility index (Phi) is 6.97. The number of rotatable bonds is 6. The molecule has 1 aromatic heterocycles. The van der Waals surface area contributed by atoms with E-state index in [-0.39, 0.29) is 0 Å². The van der Waals surface area contributed by atoms with Gasteiger partial charge in [0, 0.05) is 23.0 Å². The molecule has 29 heavy (non-hydrogen) atoms. The van der Waals surface area contributed by atoms with Gasteiger partial charge in [0.15, 0.2) is 0 Å². The molecule has 1 heterocycles. The average molecular weight is 393 g/mol. The van der Waals surface area contributed by atoms with E-state index in [0.29, 0.717) is 19.1 Å². The average Bonchev–Trinajstić information content (AvgIpc) is 2.69. The van der Waals surface area contributed by atoms with Gasteiger partial charge in [0.2, 0.25) is 5.96 Å². The molecule has 0 aliphatic carbocycles. The molecule has 0 saturated heterocycles. The molecule has 152 valence electrons. The lowest BCUT2D eigenvalue weighted by molar-refractivity contribution is 0.158. The monoisotopic (exact) mass is 393 g/mol. The second kappa shape index (κ2) is 9.84. The number of hydrogen-bond donors (Lipinski definition) is 2. The van der Waals surface area contributed by atoms with E-state index in [2.05, 4.69) is 32.7 Å². The number of aliphatic imine (C=N–C) groups is 1. The summed E-state index contributed by atoms with van der Waals surface area (Å²) in [6.07, 6.45) is 0.352. The Hall–Kier alpha value is -3.19. The standard InChI is InChI=1S/C22H27N5O2/c1-4-29-22(28)26-21(23-12-7-13-27(2)3)24-18-11-10-17-14-16-8-5-6-9-19(16)25-20(17)15-18/h5-6,8-11,14-15H,4,7,12-13H2,1-3H3,(H2,23,24,26,28). The summed E-state index contributed by atoms with van der Waals surface area (Å²) in [4.78, 5) is 23.2. The molecule has 0 radical (unpaired) electrons. The number of amides is 1. The topological polar surface area (TPSA) is 78.8 Å². The molecule has 2 N–H and O–H groups in total. The van der Waals surface area contributed by atoms with Gasteiger partial charge in [-0.2, -0.15) is 0 Å². The maximum Gasteiger partial charge on any atom is 0.413 e. The molecule has 1 amide bonds. The van der Waals surface area contributed by atoms with Crippen LogP contribution in [0.5, 0.6) is 0 Å². The zero-order valence-electron chi connectivity index (χ0n) is 17.1. The molecule has 0 aliphatic heterocycles. The molecule has 0 spiro atoms. The van der Waals surface area contributed by atoms with Crippen LogP contribution >= 0.6 is 0 Å². The van der Waals surface area contributed by atoms with Gasteiger partial charge in [-0.1, -0.05) is 24.3 Å². The highest BCUT2D eigenvalue weighted by molar-refractivity contribution is 6.03. The fraction of sp³-hybridized carbons (Fsp3) is 0.318. The minimum Gasteiger partial charge on any atom is -0.450 e. The highest BCUT2D eigenvalue weighted by atomic mass is 16.5. The number of fused-ring (bicyclic) bond motifs is 2. The fourth-order valence-electron chi connectivity index (χ4n) is 2.94. The largest absolute Gasteiger partial charge is 0.450 e. The summed E-state index contributed by atoms with van der Waals surface area (Å²) in [5, 5.41) is 8.01. The highest BCUT2D eigenvalue weighted by Gasteiger charge is 2.08. The summed E-state index contributed by atoms with van der Waals surface area (Å²) in [5.41, 5.74) is 2.61. The fourth-order valence-corrected chi connectivity index (χ4v) is 2.94. The molecule has 2 aromatic carbocycles. The van der Waals surface area contributed by atoms with Gasteiger partial charge in [0.25, 0.3) is 0 Å². The molecule has 0 aliphatic rings. The van der Waals surface area contributed by atoms with E-state index in [1.807, 2.05) is 50.5 Å². The van der Waals surface area contributed by atoms with Gasteiger partial charge in [-0.3, -0.25) is 10.3 Å². The summed E-state index contributed by atoms with van der Waals surface area (Å²) in [7, 11) is 4.04. The van der Waals surface area contributed by atoms with Crippen LogP contribution in [0.4, 0.5) is 10.5 Å². The van der Waals surface area contributed by atoms with Crippen molar-refractivity contribution in [2.45, 2.75) is 13.3 Å². The predicted molar refractivity (Wildman–Crippen MR) is 119 cm³/mol. The van der Waals surface area contributed by atoms with Crippen LogP contribution in [-0.2, 0) is 4.74 Å². The SMILES string of the molecule is CCOC(=O)NC(=NCCCN(C)C)Nc1ccc2cc3ccccc3nc2c1. The lowest BCUT2D eigenvalue weighted by Gasteiger charge is -2.13. The number of ether oxygens (including phenoxy) is 1. The van der Waals surface area contributed by atoms with Crippen molar-refractivity contribution in [3.05, 3.63) is 48.5 Å². The summed E-state index contributed by atoms with van der Waals surface area (Å²) >= 11 is 0. The predicted octanol–water partition coefficient (Wildman–Crippen LogP) is 3.85. The first-order valence-corrected chi connectivity index (χ1v) is 9.74. The minimum atomic E-state index is -0.531. The van der Waals surface area contributed by atoms with Crippen molar-refractivity contribution in [3.8, 4) is 0 Å². The zero-order chi connectivity index (χ0) is 20.6. The Bertz CT molecular complexity index is 1020. The molecular weight excluding hydrogens is 366 g/mol. The van der Waals surface area contributed by atoms with Crippen LogP contribution in [0.2, 0.25) is 0 Å². The van der Waals surface area contributed by atoms with Gasteiger partial charge < -0.3 is 15.0 Å². The second-order valence-electron chi connectivity index (χ2n) is 6.95. The van der Waals surface area contributed by atoms with Crippen LogP contribution in [0.1, 0.15) is 13.3 Å². The van der Waals surface area contributed by atoms with Crippen molar-refractivity contribution in [1.82, 2.24) is 15.2 Å². The number of pyridine rings is 1. The van der Waals surface area contributed by atoms with Crippen LogP contribution in [-0.4, -0.2) is 55.7 Å². The maximum atomic E-state index is 11.9. The lowest BCUT2D eigenvalue weighted by Crippen LogP contribution is -2.36. The number of anilines is 1. The van der Waals surface area contributed by atoms with Gasteiger partial charge in [-0.15, -0.1) is 0 Å². The Morgan fingerprint density at radius 1 is 1.10 bits per heavy atom. The normalized spacial score (nSPS) is 11.8. The van der Waals surface area contributed by atoms with Crippen molar-refractivity contribution < 1.29 is 9.53 Å². The third kappa shape index (κ3) is 5.89. The number of carbonyl (C=O) groups excluding carboxylic acids is 1. The van der Waals surface area contributed by atoms with E-state index in [1.165, 1.54) is 0 Å². The quantitative estimate of drug-likeness (QED) is 0.288. The number of para-hydroxylation sites is 1. The van der Waals surface area contributed by atoms with E-state index in [4.69, 9.17) is 9.72 Å². The number of guanidine groups is 1. The van der Waals surface area contributed by atoms with Crippen LogP contribution in [0.15, 0.2) is 53.5 Å². The molecule has 7 nitrogen and oxygen atoms in total. The van der Waals surface area contributed by atoms with Gasteiger partial charge in [0.05, 0.1) is 17.6 Å². The maximum absolute atomic E-state index is 11.9. The summed E-state index contributed by atoms with van der Waals surface area (Å²) < 4.78 is 4.98. The molecule has 7 heteroatoms. The third-order valence-corrected chi connectivity index (χ3v) is 4.31. The molecule has 3 rings (SSSR count). The van der Waals surface area contributed by atoms with Crippen molar-refractivity contribution in [1.29, 1.82) is 0 Å². The van der Waals surface area contributed by atoms with E-state index in [9.17, 15) is 4.79 Å². The third-order valence-electron chi connectivity index (χ3n) is 4.31. The molecule has 3 aromatic rings. The first-order chi connectivity index (χ1) is 14.0. The van der Waals surface area contributed by atoms with Gasteiger partial charge >= 0.3 is 6.09 Å². The molecule has 0 atom stereocenters. The van der Waals surface area contributed by atoms with Gasteiger partial charge in [-0.25, -0.2) is 9.78 Å². The minimum absolute atomic E-state index is 0.298. The van der Waals surface area contributed by atoms with Crippen LogP contribution in [0, 0.1) is 0 Å². The van der Waals surface area contributed by atoms with E-state index in [0.717, 1.165) is 40.5 Å². The first kappa shape index (κ1) is 20.5. The van der Waals surface area contributed by atoms with Crippen molar-refractivity contribution in [2.24, 2.45) is 4.99 Å². The van der Waals surface area contributed by atoms with Crippen molar-refractivity contribution in [2.75, 3.05) is 39.1 Å². The molecule has 0 fully saturated rings. The van der Waals surface area contributed by atoms with E-state index >= 15 is 0 Å². The van der Waals surface area contributed by atoms with Crippen LogP contribution in [0.3, 0.4) is 0 Å². The van der Waals surface area contributed by atoms with Crippen LogP contribution < -0.4 is 10.6 Å². The number of benzene rings is 2. The molecule has 0 unspecified atom stereocenters. The summed E-state index contributed by atoms with van der Waals surface area (Å²) in [6, 6.07) is 16.0. The summed E-state index contributed by atoms with van der Waals surface area (Å²) in [6.45, 7) is 3.57. The van der Waals surface area contributed by atoms with Crippen molar-refractivity contribution >= 4 is 39.5 Å². The van der Waals surface area contributed by atoms with Crippen molar-refractivity contribution in [3.63, 3.8) is 0 Å². The Morgan fingerprint density at radius 3 is 2.69 bits per heavy atom. The number of hydrogen-bond acceptors (Lipinski definition) is 5. The molecular formula is C22H27N5O2. The number of nitrogens with one attached hydrogen (secondary N) is 2. The molecule has 0 saturated carbocycles. The Morgan fingerprint density at radius 2 is 1.90 bits per heavy atom. The second-order valence-corrected chi connectivity index (χ2v) is 6.95. The number of carbonyl (C=O) groups is 1. The first-order valence-electron chi connectivity index (χ1n) is 9.74. The molecule has 0 bridgehead atoms. The highest BCUT2D eigenvalue weighted by Crippen LogP contribution is 2.22. The zero-order valence-corrected chi connectivity index (χ0v) is 17.1. The Labute approximate surface area is 170 Å². The van der Waals surface area contributed by atoms with Crippen LogP contribution in [0.25, 0.3) is 21.8 Å². The summed E-state index contributed by atoms with van der Waals surface area (Å²) in [5.74, 6) is 0.363. The number of nitrogens with zero attached hydrogens (tertiary/aromatic N) is 3. The smallest absolute Gasteiger partial charge is 0.413 e. The Balaban J connectivity index is 1.80. The van der Waals surface area contributed by atoms with Gasteiger partial charge in [-0.05, 0) is 58.3 Å².